The number of likely N-dealkylation sites (tertiary alicyclic amines) is 3. The molecule has 4 nitrogen and oxygen atoms in total. The van der Waals surface area contributed by atoms with Crippen molar-refractivity contribution in [2.75, 3.05) is 52.4 Å². The Balaban J connectivity index is 1.44. The van der Waals surface area contributed by atoms with Gasteiger partial charge >= 0.3 is 0 Å². The lowest BCUT2D eigenvalue weighted by molar-refractivity contribution is -0.136. The lowest BCUT2D eigenvalue weighted by Crippen LogP contribution is -2.51. The quantitative estimate of drug-likeness (QED) is 0.773. The zero-order valence-corrected chi connectivity index (χ0v) is 15.9. The van der Waals surface area contributed by atoms with E-state index in [0.29, 0.717) is 17.2 Å². The van der Waals surface area contributed by atoms with E-state index in [1.54, 1.807) is 0 Å². The van der Waals surface area contributed by atoms with Gasteiger partial charge < -0.3 is 14.7 Å². The van der Waals surface area contributed by atoms with Gasteiger partial charge in [0.15, 0.2) is 0 Å². The molecule has 3 aliphatic rings. The number of carbonyl (C=O) groups excluding carboxylic acids is 1. The molecule has 3 heterocycles. The highest BCUT2D eigenvalue weighted by atomic mass is 16.2. The van der Waals surface area contributed by atoms with Crippen LogP contribution in [-0.2, 0) is 4.79 Å². The van der Waals surface area contributed by atoms with Crippen LogP contribution in [-0.4, -0.2) is 73.0 Å². The van der Waals surface area contributed by atoms with Gasteiger partial charge in [0, 0.05) is 32.6 Å². The van der Waals surface area contributed by atoms with Crippen molar-refractivity contribution in [3.63, 3.8) is 0 Å². The van der Waals surface area contributed by atoms with Crippen LogP contribution in [0.25, 0.3) is 0 Å². The van der Waals surface area contributed by atoms with Crippen molar-refractivity contribution in [2.24, 2.45) is 11.3 Å². The van der Waals surface area contributed by atoms with Crippen LogP contribution in [0.15, 0.2) is 0 Å². The van der Waals surface area contributed by atoms with Crippen molar-refractivity contribution < 1.29 is 4.79 Å². The molecule has 0 aromatic heterocycles. The van der Waals surface area contributed by atoms with Gasteiger partial charge in [0.25, 0.3) is 0 Å². The average molecular weight is 336 g/mol. The molecule has 0 aliphatic carbocycles. The normalized spacial score (nSPS) is 25.7. The molecule has 0 saturated carbocycles. The third-order valence-electron chi connectivity index (χ3n) is 6.44. The first-order valence-electron chi connectivity index (χ1n) is 10.3. The van der Waals surface area contributed by atoms with Crippen LogP contribution in [0, 0.1) is 11.3 Å². The number of rotatable bonds is 5. The smallest absolute Gasteiger partial charge is 0.222 e. The van der Waals surface area contributed by atoms with Gasteiger partial charge in [0.05, 0.1) is 0 Å². The molecule has 0 bridgehead atoms. The highest BCUT2D eigenvalue weighted by molar-refractivity contribution is 5.76. The van der Waals surface area contributed by atoms with Crippen LogP contribution >= 0.6 is 0 Å². The van der Waals surface area contributed by atoms with Gasteiger partial charge in [-0.3, -0.25) is 4.79 Å². The lowest BCUT2D eigenvalue weighted by atomic mass is 9.72. The van der Waals surface area contributed by atoms with E-state index in [4.69, 9.17) is 0 Å². The second-order valence-corrected chi connectivity index (χ2v) is 8.91. The minimum atomic E-state index is 0.389. The fourth-order valence-corrected chi connectivity index (χ4v) is 4.85. The molecule has 0 N–H and O–H groups in total. The minimum Gasteiger partial charge on any atom is -0.342 e. The van der Waals surface area contributed by atoms with Crippen molar-refractivity contribution in [2.45, 2.75) is 58.8 Å². The van der Waals surface area contributed by atoms with Gasteiger partial charge in [-0.15, -0.1) is 0 Å². The van der Waals surface area contributed by atoms with Crippen molar-refractivity contribution in [1.82, 2.24) is 14.7 Å². The zero-order valence-electron chi connectivity index (χ0n) is 15.9. The van der Waals surface area contributed by atoms with E-state index in [9.17, 15) is 4.79 Å². The molecule has 3 saturated heterocycles. The molecule has 0 unspecified atom stereocenters. The Morgan fingerprint density at radius 2 is 1.50 bits per heavy atom. The Hall–Kier alpha value is -0.610. The number of piperidine rings is 2. The van der Waals surface area contributed by atoms with E-state index < -0.39 is 0 Å². The maximum Gasteiger partial charge on any atom is 0.222 e. The van der Waals surface area contributed by atoms with Crippen LogP contribution in [0.3, 0.4) is 0 Å². The highest BCUT2D eigenvalue weighted by Gasteiger charge is 2.39. The van der Waals surface area contributed by atoms with Gasteiger partial charge in [-0.2, -0.15) is 0 Å². The summed E-state index contributed by atoms with van der Waals surface area (Å²) in [5, 5.41) is 0. The number of carbonyl (C=O) groups is 1. The Bertz CT molecular complexity index is 409. The monoisotopic (exact) mass is 335 g/mol. The van der Waals surface area contributed by atoms with Crippen molar-refractivity contribution in [1.29, 1.82) is 0 Å². The largest absolute Gasteiger partial charge is 0.342 e. The number of amides is 1. The molecule has 1 spiro atoms. The molecule has 0 atom stereocenters. The lowest BCUT2D eigenvalue weighted by Gasteiger charge is -2.48. The van der Waals surface area contributed by atoms with E-state index in [2.05, 4.69) is 28.5 Å². The molecule has 0 aromatic carbocycles. The first-order valence-corrected chi connectivity index (χ1v) is 10.3. The first kappa shape index (κ1) is 18.2. The summed E-state index contributed by atoms with van der Waals surface area (Å²) in [4.78, 5) is 19.9. The van der Waals surface area contributed by atoms with Gasteiger partial charge in [0.2, 0.25) is 5.91 Å². The summed E-state index contributed by atoms with van der Waals surface area (Å²) >= 11 is 0. The molecular formula is C20H37N3O. The molecule has 4 heteroatoms. The van der Waals surface area contributed by atoms with E-state index in [-0.39, 0.29) is 0 Å². The maximum absolute atomic E-state index is 12.5. The van der Waals surface area contributed by atoms with Crippen LogP contribution in [0.5, 0.6) is 0 Å². The fourth-order valence-electron chi connectivity index (χ4n) is 4.85. The summed E-state index contributed by atoms with van der Waals surface area (Å²) in [5.41, 5.74) is 0.426. The molecule has 1 amide bonds. The van der Waals surface area contributed by atoms with E-state index in [1.165, 1.54) is 77.8 Å². The summed E-state index contributed by atoms with van der Waals surface area (Å²) < 4.78 is 0. The van der Waals surface area contributed by atoms with Crippen LogP contribution in [0.4, 0.5) is 0 Å². The zero-order chi connectivity index (χ0) is 17.0. The number of nitrogens with zero attached hydrogens (tertiary/aromatic N) is 3. The molecule has 0 aromatic rings. The molecule has 3 aliphatic heterocycles. The minimum absolute atomic E-state index is 0.389. The van der Waals surface area contributed by atoms with Gasteiger partial charge in [-0.05, 0) is 76.0 Å². The van der Waals surface area contributed by atoms with E-state index in [1.807, 2.05) is 0 Å². The Labute approximate surface area is 148 Å². The van der Waals surface area contributed by atoms with Gasteiger partial charge in [-0.25, -0.2) is 0 Å². The summed E-state index contributed by atoms with van der Waals surface area (Å²) in [6.45, 7) is 13.9. The molecule has 138 valence electrons. The number of hydrogen-bond donors (Lipinski definition) is 0. The standard InChI is InChI=1S/C20H37N3O/c1-18(2)16-19(24)23-11-5-6-20(17-23)7-12-22(13-8-20)15-14-21-9-3-4-10-21/h18H,3-17H2,1-2H3. The third-order valence-corrected chi connectivity index (χ3v) is 6.44. The summed E-state index contributed by atoms with van der Waals surface area (Å²) in [6, 6.07) is 0. The Kier molecular flexibility index (Phi) is 6.20. The Morgan fingerprint density at radius 3 is 2.12 bits per heavy atom. The SMILES string of the molecule is CC(C)CC(=O)N1CCCC2(CCN(CCN3CCCC3)CC2)C1. The molecule has 24 heavy (non-hydrogen) atoms. The van der Waals surface area contributed by atoms with Crippen molar-refractivity contribution in [3.8, 4) is 0 Å². The summed E-state index contributed by atoms with van der Waals surface area (Å²) in [6.07, 6.45) is 8.62. The highest BCUT2D eigenvalue weighted by Crippen LogP contribution is 2.40. The first-order chi connectivity index (χ1) is 11.6. The predicted molar refractivity (Wildman–Crippen MR) is 99.1 cm³/mol. The van der Waals surface area contributed by atoms with Crippen LogP contribution < -0.4 is 0 Å². The maximum atomic E-state index is 12.5. The van der Waals surface area contributed by atoms with Crippen molar-refractivity contribution in [3.05, 3.63) is 0 Å². The van der Waals surface area contributed by atoms with E-state index in [0.717, 1.165) is 19.5 Å². The molecule has 3 rings (SSSR count). The second-order valence-electron chi connectivity index (χ2n) is 8.91. The summed E-state index contributed by atoms with van der Waals surface area (Å²) in [7, 11) is 0. The molecular weight excluding hydrogens is 298 g/mol. The van der Waals surface area contributed by atoms with E-state index >= 15 is 0 Å². The molecule has 3 fully saturated rings. The fraction of sp³-hybridized carbons (Fsp3) is 0.950. The summed E-state index contributed by atoms with van der Waals surface area (Å²) in [5.74, 6) is 0.864. The van der Waals surface area contributed by atoms with Crippen molar-refractivity contribution >= 4 is 5.91 Å². The van der Waals surface area contributed by atoms with Gasteiger partial charge in [-0.1, -0.05) is 13.8 Å². The molecule has 0 radical (unpaired) electrons. The second kappa shape index (κ2) is 8.18. The number of hydrogen-bond acceptors (Lipinski definition) is 3. The topological polar surface area (TPSA) is 26.8 Å². The Morgan fingerprint density at radius 1 is 0.875 bits per heavy atom. The van der Waals surface area contributed by atoms with Crippen LogP contribution in [0.1, 0.15) is 58.8 Å². The third kappa shape index (κ3) is 4.72. The predicted octanol–water partition coefficient (Wildman–Crippen LogP) is 2.83. The average Bonchev–Trinajstić information content (AvgIpc) is 3.07. The van der Waals surface area contributed by atoms with Crippen LogP contribution in [0.2, 0.25) is 0 Å². The van der Waals surface area contributed by atoms with Gasteiger partial charge in [0.1, 0.15) is 0 Å².